The van der Waals surface area contributed by atoms with Crippen LogP contribution < -0.4 is 5.32 Å². The third kappa shape index (κ3) is 4.06. The van der Waals surface area contributed by atoms with Crippen LogP contribution in [0.5, 0.6) is 0 Å². The van der Waals surface area contributed by atoms with E-state index in [2.05, 4.69) is 31.2 Å². The number of para-hydroxylation sites is 1. The molecule has 1 N–H and O–H groups in total. The van der Waals surface area contributed by atoms with E-state index in [1.54, 1.807) is 41.4 Å². The molecule has 1 saturated heterocycles. The number of furan rings is 1. The molecule has 28 heavy (non-hydrogen) atoms. The van der Waals surface area contributed by atoms with Gasteiger partial charge in [-0.05, 0) is 59.1 Å². The summed E-state index contributed by atoms with van der Waals surface area (Å²) in [5.41, 5.74) is 1.15. The number of carbonyl (C=O) groups is 1. The molecule has 1 aliphatic heterocycles. The summed E-state index contributed by atoms with van der Waals surface area (Å²) in [6.45, 7) is 1.23. The molecule has 0 saturated carbocycles. The smallest absolute Gasteiger partial charge is 0.289 e. The molecule has 1 aromatic carbocycles. The summed E-state index contributed by atoms with van der Waals surface area (Å²) in [6.07, 6.45) is 3.44. The Morgan fingerprint density at radius 3 is 2.89 bits per heavy atom. The van der Waals surface area contributed by atoms with Crippen molar-refractivity contribution >= 4 is 33.5 Å². The van der Waals surface area contributed by atoms with Crippen LogP contribution in [0.15, 0.2) is 57.7 Å². The highest BCUT2D eigenvalue weighted by Crippen LogP contribution is 2.28. The number of piperidine rings is 1. The lowest BCUT2D eigenvalue weighted by molar-refractivity contribution is 0.0672. The molecule has 2 aromatic heterocycles. The number of rotatable bonds is 4. The number of carbonyl (C=O) groups excluding carboxylic acids is 1. The van der Waals surface area contributed by atoms with E-state index in [1.807, 2.05) is 6.07 Å². The summed E-state index contributed by atoms with van der Waals surface area (Å²) >= 11 is 3.23. The van der Waals surface area contributed by atoms with Crippen molar-refractivity contribution in [3.8, 4) is 0 Å². The monoisotopic (exact) mass is 444 g/mol. The first-order valence-corrected chi connectivity index (χ1v) is 9.78. The average molecular weight is 445 g/mol. The van der Waals surface area contributed by atoms with Gasteiger partial charge in [0, 0.05) is 25.2 Å². The maximum atomic E-state index is 13.9. The van der Waals surface area contributed by atoms with E-state index in [0.717, 1.165) is 18.5 Å². The van der Waals surface area contributed by atoms with E-state index in [9.17, 15) is 9.18 Å². The molecule has 4 rings (SSSR count). The molecule has 3 aromatic rings. The minimum atomic E-state index is -0.365. The maximum absolute atomic E-state index is 13.9. The number of likely N-dealkylation sites (tertiary alicyclic amines) is 1. The molecule has 3 heterocycles. The van der Waals surface area contributed by atoms with Gasteiger partial charge in [0.25, 0.3) is 5.91 Å². The van der Waals surface area contributed by atoms with Crippen molar-refractivity contribution in [1.82, 2.24) is 14.9 Å². The number of nitrogens with zero attached hydrogens (tertiary/aromatic N) is 3. The first kappa shape index (κ1) is 18.6. The normalized spacial score (nSPS) is 16.8. The fraction of sp³-hybridized carbons (Fsp3) is 0.250. The fourth-order valence-corrected chi connectivity index (χ4v) is 3.64. The molecular formula is C20H18BrFN4O2. The molecule has 1 aliphatic rings. The topological polar surface area (TPSA) is 71.3 Å². The van der Waals surface area contributed by atoms with E-state index in [4.69, 9.17) is 4.42 Å². The van der Waals surface area contributed by atoms with E-state index in [0.29, 0.717) is 35.2 Å². The number of aromatic nitrogens is 2. The Balaban J connectivity index is 1.49. The van der Waals surface area contributed by atoms with Gasteiger partial charge in [0.05, 0.1) is 11.4 Å². The first-order chi connectivity index (χ1) is 13.6. The highest BCUT2D eigenvalue weighted by Gasteiger charge is 2.28. The zero-order valence-electron chi connectivity index (χ0n) is 14.9. The molecule has 6 nitrogen and oxygen atoms in total. The van der Waals surface area contributed by atoms with Crippen molar-refractivity contribution in [3.63, 3.8) is 0 Å². The van der Waals surface area contributed by atoms with Crippen LogP contribution in [0.4, 0.5) is 16.0 Å². The Morgan fingerprint density at radius 1 is 1.25 bits per heavy atom. The third-order valence-corrected chi connectivity index (χ3v) is 5.13. The lowest BCUT2D eigenvalue weighted by Crippen LogP contribution is -2.39. The van der Waals surface area contributed by atoms with Gasteiger partial charge in [-0.25, -0.2) is 14.4 Å². The minimum absolute atomic E-state index is 0.0836. The largest absolute Gasteiger partial charge is 0.444 e. The molecule has 0 aliphatic carbocycles. The summed E-state index contributed by atoms with van der Waals surface area (Å²) in [7, 11) is 0. The minimum Gasteiger partial charge on any atom is -0.444 e. The molecule has 1 fully saturated rings. The van der Waals surface area contributed by atoms with E-state index in [1.165, 1.54) is 6.07 Å². The van der Waals surface area contributed by atoms with Crippen molar-refractivity contribution < 1.29 is 13.6 Å². The Bertz CT molecular complexity index is 994. The second-order valence-corrected chi connectivity index (χ2v) is 7.39. The molecule has 0 radical (unpaired) electrons. The van der Waals surface area contributed by atoms with Crippen molar-refractivity contribution in [1.29, 1.82) is 0 Å². The van der Waals surface area contributed by atoms with Crippen LogP contribution in [0.25, 0.3) is 0 Å². The van der Waals surface area contributed by atoms with Crippen LogP contribution in [0.3, 0.4) is 0 Å². The van der Waals surface area contributed by atoms with Crippen LogP contribution in [-0.2, 0) is 0 Å². The van der Waals surface area contributed by atoms with Gasteiger partial charge in [-0.2, -0.15) is 0 Å². The SMILES string of the molecule is O=C(c1ccc(Br)o1)N1CCCC(c2ccnc(Nc3ccccc3F)n2)C1. The highest BCUT2D eigenvalue weighted by molar-refractivity contribution is 9.10. The van der Waals surface area contributed by atoms with Gasteiger partial charge in [0.1, 0.15) is 5.82 Å². The summed E-state index contributed by atoms with van der Waals surface area (Å²) in [5.74, 6) is 0.239. The van der Waals surface area contributed by atoms with Crippen molar-refractivity contribution in [2.75, 3.05) is 18.4 Å². The molecule has 144 valence electrons. The summed E-state index contributed by atoms with van der Waals surface area (Å²) < 4.78 is 19.8. The molecule has 0 bridgehead atoms. The van der Waals surface area contributed by atoms with Gasteiger partial charge < -0.3 is 14.6 Å². The summed E-state index contributed by atoms with van der Waals surface area (Å²) in [6, 6.07) is 11.6. The number of benzene rings is 1. The quantitative estimate of drug-likeness (QED) is 0.629. The fourth-order valence-electron chi connectivity index (χ4n) is 3.33. The van der Waals surface area contributed by atoms with Gasteiger partial charge in [-0.15, -0.1) is 0 Å². The first-order valence-electron chi connectivity index (χ1n) is 8.99. The average Bonchev–Trinajstić information content (AvgIpc) is 3.16. The van der Waals surface area contributed by atoms with Gasteiger partial charge in [0.15, 0.2) is 10.4 Å². The Kier molecular flexibility index (Phi) is 5.38. The lowest BCUT2D eigenvalue weighted by atomic mass is 9.94. The number of anilines is 2. The summed E-state index contributed by atoms with van der Waals surface area (Å²) in [4.78, 5) is 23.2. The van der Waals surface area contributed by atoms with Gasteiger partial charge in [0.2, 0.25) is 5.95 Å². The zero-order chi connectivity index (χ0) is 19.5. The summed E-state index contributed by atoms with van der Waals surface area (Å²) in [5, 5.41) is 2.92. The van der Waals surface area contributed by atoms with Crippen LogP contribution in [0, 0.1) is 5.82 Å². The molecule has 1 unspecified atom stereocenters. The van der Waals surface area contributed by atoms with E-state index < -0.39 is 0 Å². The number of hydrogen-bond acceptors (Lipinski definition) is 5. The molecule has 8 heteroatoms. The van der Waals surface area contributed by atoms with E-state index >= 15 is 0 Å². The molecule has 1 amide bonds. The zero-order valence-corrected chi connectivity index (χ0v) is 16.5. The van der Waals surface area contributed by atoms with Crippen molar-refractivity contribution in [2.24, 2.45) is 0 Å². The Hall–Kier alpha value is -2.74. The standard InChI is InChI=1S/C20H18BrFN4O2/c21-18-8-7-17(28-18)19(27)26-11-3-4-13(12-26)15-9-10-23-20(24-15)25-16-6-2-1-5-14(16)22/h1-2,5-10,13H,3-4,11-12H2,(H,23,24,25). The Labute approximate surface area is 169 Å². The molecular weight excluding hydrogens is 427 g/mol. The number of halogens is 2. The van der Waals surface area contributed by atoms with Crippen LogP contribution in [0.1, 0.15) is 35.0 Å². The maximum Gasteiger partial charge on any atom is 0.289 e. The second kappa shape index (κ2) is 8.10. The second-order valence-electron chi connectivity index (χ2n) is 6.60. The lowest BCUT2D eigenvalue weighted by Gasteiger charge is -2.32. The molecule has 0 spiro atoms. The van der Waals surface area contributed by atoms with Crippen LogP contribution in [-0.4, -0.2) is 33.9 Å². The number of hydrogen-bond donors (Lipinski definition) is 1. The van der Waals surface area contributed by atoms with Crippen molar-refractivity contribution in [2.45, 2.75) is 18.8 Å². The number of amides is 1. The Morgan fingerprint density at radius 2 is 2.11 bits per heavy atom. The van der Waals surface area contributed by atoms with E-state index in [-0.39, 0.29) is 17.6 Å². The highest BCUT2D eigenvalue weighted by atomic mass is 79.9. The predicted molar refractivity (Wildman–Crippen MR) is 106 cm³/mol. The van der Waals surface area contributed by atoms with Gasteiger partial charge >= 0.3 is 0 Å². The molecule has 1 atom stereocenters. The predicted octanol–water partition coefficient (Wildman–Crippen LogP) is 4.73. The van der Waals surface area contributed by atoms with Gasteiger partial charge in [-0.1, -0.05) is 12.1 Å². The van der Waals surface area contributed by atoms with Crippen LogP contribution in [0.2, 0.25) is 0 Å². The third-order valence-electron chi connectivity index (χ3n) is 4.71. The van der Waals surface area contributed by atoms with Gasteiger partial charge in [-0.3, -0.25) is 4.79 Å². The van der Waals surface area contributed by atoms with Crippen LogP contribution >= 0.6 is 15.9 Å². The number of nitrogens with one attached hydrogen (secondary N) is 1. The van der Waals surface area contributed by atoms with Crippen molar-refractivity contribution in [3.05, 3.63) is 70.6 Å².